The van der Waals surface area contributed by atoms with E-state index in [0.717, 1.165) is 56.4 Å². The van der Waals surface area contributed by atoms with E-state index in [1.807, 2.05) is 44.4 Å². The highest BCUT2D eigenvalue weighted by molar-refractivity contribution is 7.13. The number of hydrogen-bond donors (Lipinski definition) is 4. The summed E-state index contributed by atoms with van der Waals surface area (Å²) in [5.41, 5.74) is -0.0317. The molecule has 0 spiro atoms. The molecule has 8 rings (SSSR count). The summed E-state index contributed by atoms with van der Waals surface area (Å²) in [6.45, 7) is 18.7. The fourth-order valence-corrected chi connectivity index (χ4v) is 10.9. The third-order valence-electron chi connectivity index (χ3n) is 13.7. The van der Waals surface area contributed by atoms with Crippen molar-refractivity contribution in [2.45, 2.75) is 109 Å². The van der Waals surface area contributed by atoms with Crippen molar-refractivity contribution in [1.29, 1.82) is 0 Å². The van der Waals surface area contributed by atoms with Crippen LogP contribution in [0.3, 0.4) is 0 Å². The van der Waals surface area contributed by atoms with Crippen molar-refractivity contribution in [3.63, 3.8) is 0 Å². The predicted molar refractivity (Wildman–Crippen MR) is 250 cm³/mol. The summed E-state index contributed by atoms with van der Waals surface area (Å²) >= 11 is 8.70. The summed E-state index contributed by atoms with van der Waals surface area (Å²) < 4.78 is 24.2. The van der Waals surface area contributed by atoms with Crippen molar-refractivity contribution in [3.05, 3.63) is 52.5 Å². The number of alkyl carbamates (subject to hydrolysis) is 1. The minimum atomic E-state index is -1.30. The molecule has 16 nitrogen and oxygen atoms in total. The zero-order valence-corrected chi connectivity index (χ0v) is 40.2. The normalized spacial score (nSPS) is 28.8. The van der Waals surface area contributed by atoms with E-state index in [1.165, 1.54) is 29.8 Å². The quantitative estimate of drug-likeness (QED) is 0.116. The van der Waals surface area contributed by atoms with E-state index in [2.05, 4.69) is 58.5 Å². The zero-order chi connectivity index (χ0) is 46.4. The number of hydrogen-bond acceptors (Lipinski definition) is 14. The van der Waals surface area contributed by atoms with Crippen LogP contribution in [-0.4, -0.2) is 139 Å². The van der Waals surface area contributed by atoms with Crippen LogP contribution in [0.25, 0.3) is 5.76 Å². The molecule has 9 atom stereocenters. The van der Waals surface area contributed by atoms with Crippen LogP contribution in [-0.2, 0) is 28.6 Å². The van der Waals surface area contributed by atoms with Crippen molar-refractivity contribution < 1.29 is 38.1 Å². The van der Waals surface area contributed by atoms with Gasteiger partial charge in [-0.1, -0.05) is 38.4 Å². The van der Waals surface area contributed by atoms with Crippen molar-refractivity contribution in [2.75, 3.05) is 70.7 Å². The van der Waals surface area contributed by atoms with E-state index in [-0.39, 0.29) is 31.0 Å². The van der Waals surface area contributed by atoms with Gasteiger partial charge in [-0.15, -0.1) is 17.9 Å². The Balaban J connectivity index is 1.07. The Morgan fingerprint density at radius 2 is 1.82 bits per heavy atom. The maximum absolute atomic E-state index is 14.9. The van der Waals surface area contributed by atoms with E-state index < -0.39 is 59.1 Å². The third kappa shape index (κ3) is 10.4. The number of fused-ring (bicyclic) bond motifs is 2. The van der Waals surface area contributed by atoms with Crippen molar-refractivity contribution in [1.82, 2.24) is 30.3 Å². The van der Waals surface area contributed by atoms with Gasteiger partial charge in [0.25, 0.3) is 0 Å². The SMILES string of the molecule is C=C[C@@H]1CC1(NC(=O)[C@@H]1C[C@@H](OC2=CC(c3csc(NC(C)C)n3)Nc3c2ccc(OCCN2CCN(C)CC2)c3Cl)CN1C(=O)[C@@H](NC(=O)O[C@@H]1C[C@@H]2C[C@@H]2C1)C(C)(C)C)C(=O)OC. The number of carbonyl (C=O) groups excluding carboxylic acids is 4. The van der Waals surface area contributed by atoms with Crippen LogP contribution in [0.5, 0.6) is 5.75 Å². The number of esters is 1. The number of anilines is 2. The molecule has 5 fully saturated rings. The smallest absolute Gasteiger partial charge is 0.408 e. The second-order valence-electron chi connectivity index (χ2n) is 20.0. The van der Waals surface area contributed by atoms with Crippen molar-refractivity contribution >= 4 is 63.4 Å². The molecule has 4 heterocycles. The van der Waals surface area contributed by atoms with Crippen LogP contribution in [0.2, 0.25) is 5.02 Å². The van der Waals surface area contributed by atoms with Gasteiger partial charge in [-0.3, -0.25) is 14.5 Å². The number of rotatable bonds is 16. The molecular formula is C47H65ClN8O8S. The van der Waals surface area contributed by atoms with Gasteiger partial charge in [0.15, 0.2) is 5.13 Å². The van der Waals surface area contributed by atoms with Crippen LogP contribution < -0.4 is 26.0 Å². The Bertz CT molecular complexity index is 2160. The molecule has 3 saturated carbocycles. The van der Waals surface area contributed by atoms with Gasteiger partial charge in [-0.25, -0.2) is 14.6 Å². The van der Waals surface area contributed by atoms with E-state index in [9.17, 15) is 19.2 Å². The highest BCUT2D eigenvalue weighted by Crippen LogP contribution is 2.53. The number of ether oxygens (including phenoxy) is 4. The summed E-state index contributed by atoms with van der Waals surface area (Å²) in [6, 6.07) is 1.35. The topological polar surface area (TPSA) is 176 Å². The molecule has 1 aromatic carbocycles. The minimum absolute atomic E-state index is 0.00741. The van der Waals surface area contributed by atoms with E-state index >= 15 is 0 Å². The van der Waals surface area contributed by atoms with Gasteiger partial charge in [0, 0.05) is 62.0 Å². The number of thiazole rings is 1. The van der Waals surface area contributed by atoms with Crippen molar-refractivity contribution in [3.8, 4) is 5.75 Å². The van der Waals surface area contributed by atoms with Gasteiger partial charge in [-0.05, 0) is 82.0 Å². The first-order valence-electron chi connectivity index (χ1n) is 23.0. The lowest BCUT2D eigenvalue weighted by Crippen LogP contribution is -2.59. The average molecular weight is 938 g/mol. The maximum atomic E-state index is 14.9. The number of carbonyl (C=O) groups is 4. The largest absolute Gasteiger partial charge is 0.491 e. The van der Waals surface area contributed by atoms with Gasteiger partial charge in [0.1, 0.15) is 53.0 Å². The van der Waals surface area contributed by atoms with Gasteiger partial charge in [-0.2, -0.15) is 0 Å². The predicted octanol–water partition coefficient (Wildman–Crippen LogP) is 5.91. The Morgan fingerprint density at radius 3 is 2.48 bits per heavy atom. The van der Waals surface area contributed by atoms with Gasteiger partial charge >= 0.3 is 12.1 Å². The summed E-state index contributed by atoms with van der Waals surface area (Å²) in [7, 11) is 3.41. The van der Waals surface area contributed by atoms with Crippen LogP contribution in [0, 0.1) is 23.2 Å². The molecule has 0 radical (unpaired) electrons. The number of likely N-dealkylation sites (N-methyl/N-ethyl adjacent to an activating group) is 1. The van der Waals surface area contributed by atoms with E-state index in [4.69, 9.17) is 35.5 Å². The molecule has 3 aliphatic heterocycles. The first-order valence-corrected chi connectivity index (χ1v) is 24.3. The third-order valence-corrected chi connectivity index (χ3v) is 14.9. The number of aromatic nitrogens is 1. The lowest BCUT2D eigenvalue weighted by molar-refractivity contribution is -0.148. The minimum Gasteiger partial charge on any atom is -0.491 e. The molecule has 3 aliphatic carbocycles. The molecule has 6 aliphatic rings. The molecule has 1 aromatic heterocycles. The summed E-state index contributed by atoms with van der Waals surface area (Å²) in [4.78, 5) is 67.0. The highest BCUT2D eigenvalue weighted by atomic mass is 35.5. The summed E-state index contributed by atoms with van der Waals surface area (Å²) in [6.07, 6.45) is 5.27. The Kier molecular flexibility index (Phi) is 13.7. The zero-order valence-electron chi connectivity index (χ0n) is 38.6. The molecule has 2 aromatic rings. The second-order valence-corrected chi connectivity index (χ2v) is 21.2. The number of nitrogens with one attached hydrogen (secondary N) is 4. The van der Waals surface area contributed by atoms with E-state index in [0.29, 0.717) is 52.6 Å². The number of amides is 3. The molecule has 65 heavy (non-hydrogen) atoms. The van der Waals surface area contributed by atoms with Gasteiger partial charge in [0.05, 0.1) is 31.1 Å². The van der Waals surface area contributed by atoms with Crippen LogP contribution >= 0.6 is 22.9 Å². The Hall–Kier alpha value is -4.58. The number of halogens is 1. The van der Waals surface area contributed by atoms with Gasteiger partial charge < -0.3 is 50.0 Å². The second kappa shape index (κ2) is 19.0. The molecule has 354 valence electrons. The number of piperazine rings is 1. The first-order chi connectivity index (χ1) is 31.0. The molecule has 0 bridgehead atoms. The van der Waals surface area contributed by atoms with Crippen LogP contribution in [0.15, 0.2) is 36.2 Å². The molecule has 3 amide bonds. The number of methoxy groups -OCH3 is 1. The molecule has 2 saturated heterocycles. The van der Waals surface area contributed by atoms with Crippen molar-refractivity contribution in [2.24, 2.45) is 23.2 Å². The van der Waals surface area contributed by atoms with Crippen LogP contribution in [0.1, 0.15) is 84.0 Å². The standard InChI is InChI=1S/C47H65ClN8O8S/c1-9-29-23-47(29,43(59)61-8)53-41(57)35-21-31(24-56(35)42(58)40(46(4,5)6)52-45(60)64-30-19-27-18-28(27)20-30)63-37-22-33(34-25-65-44(51-34)49-26(2)3)50-39-32(37)10-11-36(38(39)48)62-17-16-55-14-12-54(7)13-15-55/h9-11,22,25-31,33,35,40,50H,1,12-21,23-24H2,2-8H3,(H,49,51)(H,52,60)(H,53,57)/t27-,28+,29-,30+,31-,33?,35+,40-,47?/m1/s1. The fraction of sp³-hybridized carbons (Fsp3) is 0.638. The molecular weight excluding hydrogens is 872 g/mol. The van der Waals surface area contributed by atoms with Gasteiger partial charge in [0.2, 0.25) is 11.8 Å². The summed E-state index contributed by atoms with van der Waals surface area (Å²) in [5, 5.41) is 15.9. The average Bonchev–Trinajstić information content (AvgIpc) is 3.92. The maximum Gasteiger partial charge on any atom is 0.408 e. The van der Waals surface area contributed by atoms with E-state index in [1.54, 1.807) is 6.08 Å². The lowest BCUT2D eigenvalue weighted by atomic mass is 9.85. The number of benzene rings is 1. The number of nitrogens with zero attached hydrogens (tertiary/aromatic N) is 4. The summed E-state index contributed by atoms with van der Waals surface area (Å²) in [5.74, 6) is 0.309. The molecule has 4 N–H and O–H groups in total. The fourth-order valence-electron chi connectivity index (χ4n) is 9.73. The molecule has 2 unspecified atom stereocenters. The first kappa shape index (κ1) is 46.9. The Labute approximate surface area is 391 Å². The molecule has 18 heteroatoms. The van der Waals surface area contributed by atoms with Crippen LogP contribution in [0.4, 0.5) is 15.6 Å². The Morgan fingerprint density at radius 1 is 1.08 bits per heavy atom. The number of likely N-dealkylation sites (tertiary alicyclic amines) is 1. The highest BCUT2D eigenvalue weighted by Gasteiger charge is 2.62. The lowest BCUT2D eigenvalue weighted by Gasteiger charge is -2.35. The monoisotopic (exact) mass is 936 g/mol.